The van der Waals surface area contributed by atoms with E-state index in [2.05, 4.69) is 46.1 Å². The van der Waals surface area contributed by atoms with Gasteiger partial charge in [-0.3, -0.25) is 9.69 Å². The van der Waals surface area contributed by atoms with E-state index in [1.54, 1.807) is 12.5 Å². The Morgan fingerprint density at radius 3 is 2.76 bits per heavy atom. The first-order valence-electron chi connectivity index (χ1n) is 10.8. The number of aromatic nitrogens is 2. The normalized spacial score (nSPS) is 20.8. The van der Waals surface area contributed by atoms with Gasteiger partial charge in [0.15, 0.2) is 0 Å². The number of H-pyrrole nitrogens is 1. The number of hydrogen-bond donors (Lipinski definition) is 1. The number of likely N-dealkylation sites (tertiary alicyclic amines) is 1. The van der Waals surface area contributed by atoms with Crippen molar-refractivity contribution in [2.24, 2.45) is 5.92 Å². The van der Waals surface area contributed by atoms with Gasteiger partial charge in [-0.1, -0.05) is 24.3 Å². The Labute approximate surface area is 173 Å². The second-order valence-electron chi connectivity index (χ2n) is 8.46. The van der Waals surface area contributed by atoms with Gasteiger partial charge in [0.1, 0.15) is 5.69 Å². The van der Waals surface area contributed by atoms with Crippen molar-refractivity contribution in [1.82, 2.24) is 19.8 Å². The zero-order valence-electron chi connectivity index (χ0n) is 17.3. The van der Waals surface area contributed by atoms with Crippen molar-refractivity contribution in [1.29, 1.82) is 0 Å². The van der Waals surface area contributed by atoms with Crippen LogP contribution in [-0.2, 0) is 11.3 Å². The largest absolute Gasteiger partial charge is 0.376 e. The summed E-state index contributed by atoms with van der Waals surface area (Å²) < 4.78 is 5.81. The van der Waals surface area contributed by atoms with Gasteiger partial charge >= 0.3 is 0 Å². The molecule has 2 aliphatic rings. The van der Waals surface area contributed by atoms with Gasteiger partial charge in [0.05, 0.1) is 18.6 Å². The Kier molecular flexibility index (Phi) is 6.62. The van der Waals surface area contributed by atoms with E-state index in [9.17, 15) is 4.79 Å². The predicted molar refractivity (Wildman–Crippen MR) is 113 cm³/mol. The molecule has 2 aliphatic heterocycles. The number of nitrogens with zero attached hydrogens (tertiary/aromatic N) is 3. The first-order valence-corrected chi connectivity index (χ1v) is 10.8. The average molecular weight is 397 g/mol. The van der Waals surface area contributed by atoms with Crippen LogP contribution in [0.2, 0.25) is 0 Å². The fourth-order valence-electron chi connectivity index (χ4n) is 4.48. The molecule has 6 nitrogen and oxygen atoms in total. The van der Waals surface area contributed by atoms with Crippen LogP contribution in [0.3, 0.4) is 0 Å². The summed E-state index contributed by atoms with van der Waals surface area (Å²) in [5.74, 6) is 0.580. The minimum Gasteiger partial charge on any atom is -0.376 e. The highest BCUT2D eigenvalue weighted by molar-refractivity contribution is 5.92. The zero-order chi connectivity index (χ0) is 20.1. The van der Waals surface area contributed by atoms with E-state index in [-0.39, 0.29) is 12.0 Å². The number of carbonyl (C=O) groups excluding carboxylic acids is 1. The van der Waals surface area contributed by atoms with Gasteiger partial charge in [0, 0.05) is 26.2 Å². The molecule has 1 aromatic carbocycles. The average Bonchev–Trinajstić information content (AvgIpc) is 3.44. The Hall–Kier alpha value is -2.18. The molecule has 1 unspecified atom stereocenters. The number of hydrogen-bond acceptors (Lipinski definition) is 4. The third-order valence-electron chi connectivity index (χ3n) is 6.30. The highest BCUT2D eigenvalue weighted by Gasteiger charge is 2.28. The van der Waals surface area contributed by atoms with Crippen LogP contribution in [0.5, 0.6) is 0 Å². The van der Waals surface area contributed by atoms with Crippen LogP contribution in [0, 0.1) is 12.8 Å². The van der Waals surface area contributed by atoms with E-state index in [0.717, 1.165) is 58.5 Å². The van der Waals surface area contributed by atoms with Gasteiger partial charge in [-0.05, 0) is 62.7 Å². The second-order valence-corrected chi connectivity index (χ2v) is 8.46. The molecule has 2 saturated heterocycles. The highest BCUT2D eigenvalue weighted by atomic mass is 16.5. The molecule has 0 radical (unpaired) electrons. The van der Waals surface area contributed by atoms with E-state index in [1.807, 2.05) is 4.90 Å². The molecule has 3 heterocycles. The molecular weight excluding hydrogens is 364 g/mol. The number of carbonyl (C=O) groups is 1. The first kappa shape index (κ1) is 20.1. The molecule has 0 spiro atoms. The fourth-order valence-corrected chi connectivity index (χ4v) is 4.48. The topological polar surface area (TPSA) is 61.5 Å². The molecule has 156 valence electrons. The van der Waals surface area contributed by atoms with Gasteiger partial charge in [0.25, 0.3) is 5.91 Å². The maximum Gasteiger partial charge on any atom is 0.272 e. The molecule has 29 heavy (non-hydrogen) atoms. The maximum atomic E-state index is 13.0. The molecule has 1 N–H and O–H groups in total. The van der Waals surface area contributed by atoms with Crippen LogP contribution in [0.25, 0.3) is 0 Å². The summed E-state index contributed by atoms with van der Waals surface area (Å²) in [7, 11) is 0. The predicted octanol–water partition coefficient (Wildman–Crippen LogP) is 3.25. The summed E-state index contributed by atoms with van der Waals surface area (Å²) in [6.07, 6.45) is 7.75. The van der Waals surface area contributed by atoms with Crippen LogP contribution in [0.15, 0.2) is 36.8 Å². The Morgan fingerprint density at radius 2 is 2.07 bits per heavy atom. The zero-order valence-corrected chi connectivity index (χ0v) is 17.3. The van der Waals surface area contributed by atoms with E-state index < -0.39 is 0 Å². The number of aryl methyl sites for hydroxylation is 1. The van der Waals surface area contributed by atoms with Gasteiger partial charge in [-0.25, -0.2) is 4.98 Å². The number of benzene rings is 1. The van der Waals surface area contributed by atoms with Crippen molar-refractivity contribution >= 4 is 5.91 Å². The molecule has 0 aliphatic carbocycles. The van der Waals surface area contributed by atoms with Crippen LogP contribution < -0.4 is 0 Å². The number of nitrogens with one attached hydrogen (secondary N) is 1. The minimum atomic E-state index is 0.0420. The molecule has 2 fully saturated rings. The third kappa shape index (κ3) is 5.25. The standard InChI is InChI=1S/C23H32N4O2/c1-18-5-2-3-6-20(18)15-26-10-8-19(9-11-26)14-27(16-21-7-4-12-29-21)23(28)22-13-24-17-25-22/h2-3,5-6,13,17,19,21H,4,7-12,14-16H2,1H3,(H,24,25). The monoisotopic (exact) mass is 396 g/mol. The van der Waals surface area contributed by atoms with Gasteiger partial charge in [-0.15, -0.1) is 0 Å². The molecule has 6 heteroatoms. The van der Waals surface area contributed by atoms with Crippen molar-refractivity contribution in [3.05, 3.63) is 53.6 Å². The number of aromatic amines is 1. The Balaban J connectivity index is 1.33. The van der Waals surface area contributed by atoms with E-state index in [1.165, 1.54) is 11.1 Å². The van der Waals surface area contributed by atoms with Crippen LogP contribution >= 0.6 is 0 Å². The molecule has 4 rings (SSSR count). The minimum absolute atomic E-state index is 0.0420. The summed E-state index contributed by atoms with van der Waals surface area (Å²) in [4.78, 5) is 24.5. The van der Waals surface area contributed by atoms with E-state index in [0.29, 0.717) is 18.2 Å². The lowest BCUT2D eigenvalue weighted by atomic mass is 9.95. The van der Waals surface area contributed by atoms with E-state index >= 15 is 0 Å². The number of ether oxygens (including phenoxy) is 1. The lowest BCUT2D eigenvalue weighted by Gasteiger charge is -2.35. The van der Waals surface area contributed by atoms with Crippen LogP contribution in [0.4, 0.5) is 0 Å². The number of piperidine rings is 1. The summed E-state index contributed by atoms with van der Waals surface area (Å²) in [6, 6.07) is 8.64. The van der Waals surface area contributed by atoms with Crippen LogP contribution in [0.1, 0.15) is 47.3 Å². The summed E-state index contributed by atoms with van der Waals surface area (Å²) >= 11 is 0. The first-order chi connectivity index (χ1) is 14.2. The molecule has 1 atom stereocenters. The SMILES string of the molecule is Cc1ccccc1CN1CCC(CN(CC2CCCO2)C(=O)c2cnc[nH]2)CC1. The Morgan fingerprint density at radius 1 is 1.24 bits per heavy atom. The fraction of sp³-hybridized carbons (Fsp3) is 0.565. The van der Waals surface area contributed by atoms with Gasteiger partial charge < -0.3 is 14.6 Å². The van der Waals surface area contributed by atoms with Crippen molar-refractivity contribution in [2.45, 2.75) is 45.3 Å². The highest BCUT2D eigenvalue weighted by Crippen LogP contribution is 2.23. The van der Waals surface area contributed by atoms with Gasteiger partial charge in [0.2, 0.25) is 0 Å². The maximum absolute atomic E-state index is 13.0. The Bertz CT molecular complexity index is 778. The molecule has 0 saturated carbocycles. The van der Waals surface area contributed by atoms with Gasteiger partial charge in [-0.2, -0.15) is 0 Å². The quantitative estimate of drug-likeness (QED) is 0.780. The molecule has 1 amide bonds. The second kappa shape index (κ2) is 9.55. The molecule has 2 aromatic rings. The van der Waals surface area contributed by atoms with Crippen molar-refractivity contribution in [2.75, 3.05) is 32.8 Å². The summed E-state index contributed by atoms with van der Waals surface area (Å²) in [5.41, 5.74) is 3.35. The van der Waals surface area contributed by atoms with E-state index in [4.69, 9.17) is 4.74 Å². The van der Waals surface area contributed by atoms with Crippen LogP contribution in [-0.4, -0.2) is 64.6 Å². The van der Waals surface area contributed by atoms with Crippen molar-refractivity contribution < 1.29 is 9.53 Å². The number of imidazole rings is 1. The summed E-state index contributed by atoms with van der Waals surface area (Å²) in [6.45, 7) is 7.68. The summed E-state index contributed by atoms with van der Waals surface area (Å²) in [5, 5.41) is 0. The lowest BCUT2D eigenvalue weighted by Crippen LogP contribution is -2.43. The molecule has 0 bridgehead atoms. The molecular formula is C23H32N4O2. The smallest absolute Gasteiger partial charge is 0.272 e. The van der Waals surface area contributed by atoms with Crippen molar-refractivity contribution in [3.8, 4) is 0 Å². The number of amides is 1. The molecule has 1 aromatic heterocycles. The number of rotatable bonds is 7. The lowest BCUT2D eigenvalue weighted by molar-refractivity contribution is 0.0441. The van der Waals surface area contributed by atoms with Crippen molar-refractivity contribution in [3.63, 3.8) is 0 Å². The third-order valence-corrected chi connectivity index (χ3v) is 6.30.